The van der Waals surface area contributed by atoms with E-state index in [1.54, 1.807) is 38.1 Å². The monoisotopic (exact) mass is 642 g/mol. The second kappa shape index (κ2) is 13.6. The van der Waals surface area contributed by atoms with Crippen LogP contribution in [0.3, 0.4) is 0 Å². The Bertz CT molecular complexity index is 1610. The average Bonchev–Trinajstić information content (AvgIpc) is 3.41. The van der Waals surface area contributed by atoms with Crippen molar-refractivity contribution in [2.75, 3.05) is 21.0 Å². The number of sulfonamides is 1. The number of hydrogen-bond donors (Lipinski definition) is 1. The predicted molar refractivity (Wildman–Crippen MR) is 146 cm³/mol. The number of ether oxygens (including phenoxy) is 2. The largest absolute Gasteiger partial charge is 0.569 e. The van der Waals surface area contributed by atoms with E-state index in [2.05, 4.69) is 24.7 Å². The number of halogens is 3. The van der Waals surface area contributed by atoms with Gasteiger partial charge in [0.25, 0.3) is 22.7 Å². The smallest absolute Gasteiger partial charge is 0.510 e. The summed E-state index contributed by atoms with van der Waals surface area (Å²) in [6, 6.07) is 10.9. The molecule has 1 amide bonds. The highest BCUT2D eigenvalue weighted by atomic mass is 32.2. The van der Waals surface area contributed by atoms with Crippen molar-refractivity contribution in [2.45, 2.75) is 37.9 Å². The Morgan fingerprint density at radius 1 is 1.14 bits per heavy atom. The average molecular weight is 643 g/mol. The molecule has 0 spiro atoms. The summed E-state index contributed by atoms with van der Waals surface area (Å²) in [6.45, 7) is 4.14. The summed E-state index contributed by atoms with van der Waals surface area (Å²) in [4.78, 5) is 27.9. The number of likely N-dealkylation sites (N-methyl/N-ethyl adjacent to an activating group) is 1. The van der Waals surface area contributed by atoms with E-state index in [0.717, 1.165) is 47.6 Å². The first-order chi connectivity index (χ1) is 20.5. The summed E-state index contributed by atoms with van der Waals surface area (Å²) >= 11 is 0. The van der Waals surface area contributed by atoms with E-state index in [0.29, 0.717) is 5.56 Å². The summed E-state index contributed by atoms with van der Waals surface area (Å²) in [6.07, 6.45) is -5.82. The van der Waals surface area contributed by atoms with Crippen LogP contribution in [0.1, 0.15) is 25.1 Å². The summed E-state index contributed by atoms with van der Waals surface area (Å²) in [7, 11) is -2.30. The van der Waals surface area contributed by atoms with E-state index in [9.17, 15) is 36.4 Å². The number of amides is 1. The number of nitrogens with zero attached hydrogens (tertiary/aromatic N) is 5. The lowest BCUT2D eigenvalue weighted by Gasteiger charge is -2.25. The molecule has 1 aromatic heterocycles. The molecule has 238 valence electrons. The summed E-state index contributed by atoms with van der Waals surface area (Å²) in [5, 5.41) is 19.9. The number of aromatic nitrogens is 2. The van der Waals surface area contributed by atoms with E-state index in [1.807, 2.05) is 11.6 Å². The van der Waals surface area contributed by atoms with Gasteiger partial charge in [0, 0.05) is 5.56 Å². The number of benzene rings is 2. The van der Waals surface area contributed by atoms with Gasteiger partial charge in [0.2, 0.25) is 5.28 Å². The van der Waals surface area contributed by atoms with Gasteiger partial charge in [-0.2, -0.15) is 18.3 Å². The third kappa shape index (κ3) is 8.15. The number of nitrogens with one attached hydrogen (secondary N) is 1. The van der Waals surface area contributed by atoms with Crippen LogP contribution in [0.4, 0.5) is 18.0 Å². The van der Waals surface area contributed by atoms with Crippen LogP contribution in [-0.4, -0.2) is 67.2 Å². The highest BCUT2D eigenvalue weighted by Gasteiger charge is 2.36. The minimum absolute atomic E-state index is 0.123. The van der Waals surface area contributed by atoms with Crippen molar-refractivity contribution in [1.29, 1.82) is 0 Å². The van der Waals surface area contributed by atoms with Gasteiger partial charge in [0.05, 0.1) is 35.4 Å². The molecule has 1 heterocycles. The zero-order valence-corrected chi connectivity index (χ0v) is 24.9. The molecule has 0 aliphatic carbocycles. The Kier molecular flexibility index (Phi) is 10.4. The van der Waals surface area contributed by atoms with Crippen molar-refractivity contribution >= 4 is 22.1 Å². The quantitative estimate of drug-likeness (QED) is 0.0800. The predicted octanol–water partition coefficient (Wildman–Crippen LogP) is 4.18. The molecule has 18 heteroatoms. The van der Waals surface area contributed by atoms with E-state index < -0.39 is 52.7 Å². The molecule has 2 aromatic carbocycles. The van der Waals surface area contributed by atoms with Gasteiger partial charge >= 0.3 is 12.3 Å². The number of alkyl halides is 3. The first-order valence-corrected chi connectivity index (χ1v) is 14.2. The highest BCUT2D eigenvalue weighted by molar-refractivity contribution is 7.90. The van der Waals surface area contributed by atoms with Gasteiger partial charge in [-0.15, -0.1) is 5.01 Å². The maximum atomic E-state index is 13.5. The molecular formula is C26H29F3N6O8S. The normalized spacial score (nSPS) is 12.9. The molecule has 0 saturated carbocycles. The van der Waals surface area contributed by atoms with Gasteiger partial charge in [-0.1, -0.05) is 43.7 Å². The zero-order chi connectivity index (χ0) is 32.8. The van der Waals surface area contributed by atoms with Gasteiger partial charge in [-0.05, 0) is 43.2 Å². The molecule has 1 N–H and O–H groups in total. The number of carbonyl (C=O) groups is 2. The second-order valence-electron chi connectivity index (χ2n) is 9.60. The molecule has 0 bridgehead atoms. The molecule has 0 aliphatic rings. The molecule has 1 atom stereocenters. The van der Waals surface area contributed by atoms with Gasteiger partial charge in [0.15, 0.2) is 11.7 Å². The minimum Gasteiger partial charge on any atom is -0.569 e. The number of aryl methyl sites for hydroxylation is 1. The van der Waals surface area contributed by atoms with Crippen LogP contribution < -0.4 is 4.72 Å². The number of rotatable bonds is 11. The van der Waals surface area contributed by atoms with Gasteiger partial charge in [-0.3, -0.25) is 4.79 Å². The molecular weight excluding hydrogens is 613 g/mol. The molecule has 0 fully saturated rings. The van der Waals surface area contributed by atoms with Crippen molar-refractivity contribution in [3.8, 4) is 16.9 Å². The topological polar surface area (TPSA) is 167 Å². The van der Waals surface area contributed by atoms with Crippen LogP contribution in [0, 0.1) is 18.0 Å². The standard InChI is InChI=1S/C26H29F3N6O8S/c1-16(2)23(33(4)35(38)32-43-15-42-25(37)41-5)24(36)31-44(39,40)20-12-10-19(11-13-20)34-21(14-22(30-34)26(27,28)29)18-8-6-17(3)7-9-18/h6-14,16,23H,15H2,1-5H3,(H,31,36)/t23-/m0/s1. The van der Waals surface area contributed by atoms with Crippen molar-refractivity contribution in [3.63, 3.8) is 0 Å². The highest BCUT2D eigenvalue weighted by Crippen LogP contribution is 2.33. The van der Waals surface area contributed by atoms with Gasteiger partial charge in [-0.25, -0.2) is 22.6 Å². The number of methoxy groups -OCH3 is 1. The van der Waals surface area contributed by atoms with Crippen LogP contribution >= 0.6 is 0 Å². The SMILES string of the molecule is COC(=O)OCON=[N+]([O-])N(C)[C@H](C(=O)NS(=O)(=O)c1ccc(-n2nc(C(F)(F)F)cc2-c2ccc(C)cc2)cc1)C(C)C. The fourth-order valence-electron chi connectivity index (χ4n) is 3.94. The van der Waals surface area contributed by atoms with Crippen LogP contribution in [0.2, 0.25) is 0 Å². The molecule has 3 aromatic rings. The Balaban J connectivity index is 1.83. The maximum absolute atomic E-state index is 13.5. The molecule has 0 saturated heterocycles. The molecule has 3 rings (SSSR count). The molecule has 44 heavy (non-hydrogen) atoms. The Labute approximate surface area is 250 Å². The van der Waals surface area contributed by atoms with Crippen molar-refractivity contribution < 1.29 is 50.5 Å². The number of hydrazine groups is 1. The van der Waals surface area contributed by atoms with Gasteiger partial charge < -0.3 is 19.5 Å². The first-order valence-electron chi connectivity index (χ1n) is 12.7. The molecule has 14 nitrogen and oxygen atoms in total. The van der Waals surface area contributed by atoms with E-state index >= 15 is 0 Å². The second-order valence-corrected chi connectivity index (χ2v) is 11.3. The third-order valence-corrected chi connectivity index (χ3v) is 7.43. The summed E-state index contributed by atoms with van der Waals surface area (Å²) in [5.74, 6) is -1.70. The van der Waals surface area contributed by atoms with E-state index in [1.165, 1.54) is 12.1 Å². The van der Waals surface area contributed by atoms with Crippen LogP contribution in [0.25, 0.3) is 16.9 Å². The van der Waals surface area contributed by atoms with Crippen molar-refractivity contribution in [2.24, 2.45) is 11.2 Å². The lowest BCUT2D eigenvalue weighted by atomic mass is 10.0. The molecule has 0 unspecified atom stereocenters. The van der Waals surface area contributed by atoms with Crippen LogP contribution in [0.15, 0.2) is 64.8 Å². The summed E-state index contributed by atoms with van der Waals surface area (Å²) in [5.41, 5.74) is 0.459. The maximum Gasteiger partial charge on any atom is 0.510 e. The number of carbonyl (C=O) groups excluding carboxylic acids is 2. The first kappa shape index (κ1) is 33.6. The van der Waals surface area contributed by atoms with E-state index in [-0.39, 0.29) is 21.2 Å². The zero-order valence-electron chi connectivity index (χ0n) is 24.1. The fraction of sp³-hybridized carbons (Fsp3) is 0.346. The lowest BCUT2D eigenvalue weighted by Crippen LogP contribution is -2.51. The fourth-order valence-corrected chi connectivity index (χ4v) is 4.94. The van der Waals surface area contributed by atoms with Crippen LogP contribution in [0.5, 0.6) is 0 Å². The van der Waals surface area contributed by atoms with Crippen LogP contribution in [-0.2, 0) is 35.3 Å². The molecule has 0 radical (unpaired) electrons. The molecule has 0 aliphatic heterocycles. The van der Waals surface area contributed by atoms with Gasteiger partial charge in [0.1, 0.15) is 0 Å². The van der Waals surface area contributed by atoms with E-state index in [4.69, 9.17) is 0 Å². The van der Waals surface area contributed by atoms with Crippen molar-refractivity contribution in [3.05, 3.63) is 71.1 Å². The third-order valence-electron chi connectivity index (χ3n) is 6.07. The Morgan fingerprint density at radius 2 is 1.75 bits per heavy atom. The Hall–Kier alpha value is -4.87. The minimum atomic E-state index is -4.73. The Morgan fingerprint density at radius 3 is 2.30 bits per heavy atom. The van der Waals surface area contributed by atoms with Crippen molar-refractivity contribution in [1.82, 2.24) is 19.5 Å². The number of hydrogen-bond acceptors (Lipinski definition) is 10. The lowest BCUT2D eigenvalue weighted by molar-refractivity contribution is -0.712. The summed E-state index contributed by atoms with van der Waals surface area (Å²) < 4.78 is 78.2.